The van der Waals surface area contributed by atoms with Crippen LogP contribution >= 0.6 is 0 Å². The van der Waals surface area contributed by atoms with Gasteiger partial charge in [0.25, 0.3) is 5.91 Å². The van der Waals surface area contributed by atoms with Gasteiger partial charge in [-0.05, 0) is 55.2 Å². The molecule has 0 spiro atoms. The first-order valence-electron chi connectivity index (χ1n) is 11.2. The van der Waals surface area contributed by atoms with Crippen molar-refractivity contribution >= 4 is 11.9 Å². The molecule has 9 heteroatoms. The zero-order chi connectivity index (χ0) is 23.5. The highest BCUT2D eigenvalue weighted by atomic mass is 16.5. The molecule has 5 rings (SSSR count). The van der Waals surface area contributed by atoms with Crippen molar-refractivity contribution in [3.63, 3.8) is 0 Å². The topological polar surface area (TPSA) is 112 Å². The van der Waals surface area contributed by atoms with E-state index in [0.29, 0.717) is 17.9 Å². The number of hydrogen-bond acceptors (Lipinski definition) is 7. The van der Waals surface area contributed by atoms with Gasteiger partial charge in [-0.15, -0.1) is 0 Å². The van der Waals surface area contributed by atoms with Crippen LogP contribution in [0.3, 0.4) is 0 Å². The summed E-state index contributed by atoms with van der Waals surface area (Å²) in [7, 11) is 1.63. The molecule has 1 aliphatic heterocycles. The summed E-state index contributed by atoms with van der Waals surface area (Å²) in [5.41, 5.74) is 9.01. The third-order valence-electron chi connectivity index (χ3n) is 6.03. The van der Waals surface area contributed by atoms with E-state index < -0.39 is 0 Å². The van der Waals surface area contributed by atoms with Crippen molar-refractivity contribution in [3.8, 4) is 22.7 Å². The van der Waals surface area contributed by atoms with Crippen molar-refractivity contribution in [2.75, 3.05) is 19.4 Å². The number of carbonyl (C=O) groups is 1. The average molecular weight is 456 g/mol. The van der Waals surface area contributed by atoms with Crippen LogP contribution in [-0.2, 0) is 0 Å². The number of rotatable bonds is 5. The molecular formula is C25H25N7O2. The van der Waals surface area contributed by atoms with Crippen LogP contribution in [0, 0.1) is 0 Å². The molecule has 4 heterocycles. The number of benzene rings is 1. The maximum atomic E-state index is 13.6. The molecule has 4 aromatic rings. The maximum Gasteiger partial charge on any atom is 0.255 e. The molecule has 1 aliphatic rings. The van der Waals surface area contributed by atoms with E-state index in [0.717, 1.165) is 41.8 Å². The quantitative estimate of drug-likeness (QED) is 0.488. The largest absolute Gasteiger partial charge is 0.497 e. The predicted octanol–water partition coefficient (Wildman–Crippen LogP) is 3.68. The van der Waals surface area contributed by atoms with Gasteiger partial charge in [0.05, 0.1) is 24.4 Å². The lowest BCUT2D eigenvalue weighted by Gasteiger charge is -2.36. The fourth-order valence-electron chi connectivity index (χ4n) is 4.35. The first-order chi connectivity index (χ1) is 16.6. The predicted molar refractivity (Wildman–Crippen MR) is 127 cm³/mol. The first kappa shape index (κ1) is 21.6. The van der Waals surface area contributed by atoms with E-state index in [-0.39, 0.29) is 17.9 Å². The van der Waals surface area contributed by atoms with Crippen LogP contribution in [0.5, 0.6) is 5.75 Å². The summed E-state index contributed by atoms with van der Waals surface area (Å²) >= 11 is 0. The number of methoxy groups -OCH3 is 1. The molecule has 9 nitrogen and oxygen atoms in total. The van der Waals surface area contributed by atoms with Crippen molar-refractivity contribution in [3.05, 3.63) is 78.5 Å². The molecule has 2 N–H and O–H groups in total. The summed E-state index contributed by atoms with van der Waals surface area (Å²) in [5, 5.41) is 4.19. The zero-order valence-electron chi connectivity index (χ0n) is 18.8. The number of nitrogens with zero attached hydrogens (tertiary/aromatic N) is 6. The van der Waals surface area contributed by atoms with E-state index >= 15 is 0 Å². The van der Waals surface area contributed by atoms with Crippen molar-refractivity contribution in [2.24, 2.45) is 0 Å². The second kappa shape index (κ2) is 9.30. The van der Waals surface area contributed by atoms with Crippen LogP contribution in [0.15, 0.2) is 67.3 Å². The highest BCUT2D eigenvalue weighted by molar-refractivity contribution is 5.94. The second-order valence-electron chi connectivity index (χ2n) is 8.12. The molecule has 0 unspecified atom stereocenters. The van der Waals surface area contributed by atoms with Crippen molar-refractivity contribution < 1.29 is 9.53 Å². The van der Waals surface area contributed by atoms with Gasteiger partial charge in [-0.25, -0.2) is 19.6 Å². The summed E-state index contributed by atoms with van der Waals surface area (Å²) < 4.78 is 7.05. The van der Waals surface area contributed by atoms with Crippen LogP contribution in [0.2, 0.25) is 0 Å². The molecule has 1 atom stereocenters. The Kier molecular flexibility index (Phi) is 5.90. The normalized spacial score (nSPS) is 15.8. The molecule has 1 amide bonds. The van der Waals surface area contributed by atoms with Crippen LogP contribution in [0.1, 0.15) is 41.4 Å². The molecule has 1 fully saturated rings. The number of likely N-dealkylation sites (tertiary alicyclic amines) is 1. The SMILES string of the molecule is COc1cccc(-c2cnc(N)nc2[C@@H]2CCCCN2C(=O)c2ccc(-n3cccn3)nc2)c1. The Balaban J connectivity index is 1.49. The fraction of sp³-hybridized carbons (Fsp3) is 0.240. The Morgan fingerprint density at radius 1 is 1.12 bits per heavy atom. The number of piperidine rings is 1. The van der Waals surface area contributed by atoms with Gasteiger partial charge in [0.2, 0.25) is 5.95 Å². The molecule has 172 valence electrons. The number of hydrogen-bond donors (Lipinski definition) is 1. The number of nitrogen functional groups attached to an aromatic ring is 1. The van der Waals surface area contributed by atoms with Crippen LogP contribution in [0.25, 0.3) is 16.9 Å². The van der Waals surface area contributed by atoms with E-state index in [9.17, 15) is 4.79 Å². The number of anilines is 1. The molecule has 0 radical (unpaired) electrons. The van der Waals surface area contributed by atoms with Crippen molar-refractivity contribution in [1.82, 2.24) is 29.6 Å². The highest BCUT2D eigenvalue weighted by Gasteiger charge is 2.32. The first-order valence-corrected chi connectivity index (χ1v) is 11.2. The summed E-state index contributed by atoms with van der Waals surface area (Å²) in [4.78, 5) is 28.7. The number of carbonyl (C=O) groups excluding carboxylic acids is 1. The minimum Gasteiger partial charge on any atom is -0.497 e. The maximum absolute atomic E-state index is 13.6. The molecule has 34 heavy (non-hydrogen) atoms. The summed E-state index contributed by atoms with van der Waals surface area (Å²) in [5.74, 6) is 1.49. The van der Waals surface area contributed by atoms with Gasteiger partial charge in [-0.1, -0.05) is 12.1 Å². The lowest BCUT2D eigenvalue weighted by Crippen LogP contribution is -2.39. The molecule has 0 bridgehead atoms. The van der Waals surface area contributed by atoms with Crippen LogP contribution < -0.4 is 10.5 Å². The highest BCUT2D eigenvalue weighted by Crippen LogP contribution is 2.37. The van der Waals surface area contributed by atoms with Crippen molar-refractivity contribution in [1.29, 1.82) is 0 Å². The Labute approximate surface area is 197 Å². The van der Waals surface area contributed by atoms with E-state index in [2.05, 4.69) is 20.1 Å². The van der Waals surface area contributed by atoms with Gasteiger partial charge in [-0.2, -0.15) is 5.10 Å². The average Bonchev–Trinajstić information content (AvgIpc) is 3.43. The minimum atomic E-state index is -0.224. The van der Waals surface area contributed by atoms with Crippen LogP contribution in [-0.4, -0.2) is 49.2 Å². The molecule has 3 aromatic heterocycles. The fourth-order valence-corrected chi connectivity index (χ4v) is 4.35. The number of ether oxygens (including phenoxy) is 1. The van der Waals surface area contributed by atoms with E-state index in [1.165, 1.54) is 0 Å². The van der Waals surface area contributed by atoms with E-state index in [1.807, 2.05) is 41.4 Å². The molecule has 1 aromatic carbocycles. The van der Waals surface area contributed by atoms with Crippen LogP contribution in [0.4, 0.5) is 5.95 Å². The van der Waals surface area contributed by atoms with E-state index in [4.69, 9.17) is 10.5 Å². The minimum absolute atomic E-state index is 0.0852. The summed E-state index contributed by atoms with van der Waals surface area (Å²) in [6.07, 6.45) is 9.53. The molecule has 0 aliphatic carbocycles. The van der Waals surface area contributed by atoms with E-state index in [1.54, 1.807) is 42.5 Å². The Morgan fingerprint density at radius 3 is 2.79 bits per heavy atom. The summed E-state index contributed by atoms with van der Waals surface area (Å²) in [6, 6.07) is 12.9. The summed E-state index contributed by atoms with van der Waals surface area (Å²) in [6.45, 7) is 0.631. The molecular weight excluding hydrogens is 430 g/mol. The monoisotopic (exact) mass is 455 g/mol. The van der Waals surface area contributed by atoms with Crippen molar-refractivity contribution in [2.45, 2.75) is 25.3 Å². The third kappa shape index (κ3) is 4.19. The number of aromatic nitrogens is 5. The standard InChI is InChI=1S/C25H25N7O2/c1-34-19-7-4-6-17(14-19)20-16-28-25(26)30-23(20)21-8-2-3-12-31(21)24(33)18-9-10-22(27-15-18)32-13-5-11-29-32/h4-7,9-11,13-16,21H,2-3,8,12H2,1H3,(H2,26,28,30)/t21-/m0/s1. The van der Waals surface area contributed by atoms with Gasteiger partial charge in [0.1, 0.15) is 5.75 Å². The number of nitrogens with two attached hydrogens (primary N) is 1. The van der Waals surface area contributed by atoms with Gasteiger partial charge in [0, 0.05) is 36.9 Å². The Hall–Kier alpha value is -4.27. The Bertz CT molecular complexity index is 1290. The van der Waals surface area contributed by atoms with Gasteiger partial charge >= 0.3 is 0 Å². The smallest absolute Gasteiger partial charge is 0.255 e. The number of amides is 1. The van der Waals surface area contributed by atoms with Gasteiger partial charge < -0.3 is 15.4 Å². The molecule has 1 saturated heterocycles. The van der Waals surface area contributed by atoms with Gasteiger partial charge in [-0.3, -0.25) is 4.79 Å². The second-order valence-corrected chi connectivity index (χ2v) is 8.12. The Morgan fingerprint density at radius 2 is 2.03 bits per heavy atom. The number of pyridine rings is 1. The molecule has 0 saturated carbocycles. The van der Waals surface area contributed by atoms with Gasteiger partial charge in [0.15, 0.2) is 5.82 Å². The lowest BCUT2D eigenvalue weighted by atomic mass is 9.93. The lowest BCUT2D eigenvalue weighted by molar-refractivity contribution is 0.0606. The zero-order valence-corrected chi connectivity index (χ0v) is 18.8. The third-order valence-corrected chi connectivity index (χ3v) is 6.03.